The van der Waals surface area contributed by atoms with Crippen molar-refractivity contribution in [2.45, 2.75) is 26.4 Å². The van der Waals surface area contributed by atoms with Crippen LogP contribution in [0.4, 0.5) is 0 Å². The van der Waals surface area contributed by atoms with Gasteiger partial charge in [-0.25, -0.2) is 0 Å². The van der Waals surface area contributed by atoms with E-state index in [0.29, 0.717) is 24.8 Å². The summed E-state index contributed by atoms with van der Waals surface area (Å²) in [6.07, 6.45) is -0.0382. The van der Waals surface area contributed by atoms with Crippen molar-refractivity contribution in [1.82, 2.24) is 9.78 Å². The minimum Gasteiger partial charge on any atom is -0.390 e. The molecule has 0 fully saturated rings. The molecule has 0 radical (unpaired) electrons. The molecule has 0 saturated heterocycles. The number of hydrogen-bond acceptors (Lipinski definition) is 3. The number of aliphatic hydroxyl groups is 1. The van der Waals surface area contributed by atoms with Crippen molar-refractivity contribution < 1.29 is 9.84 Å². The van der Waals surface area contributed by atoms with Gasteiger partial charge in [0.15, 0.2) is 0 Å². The van der Waals surface area contributed by atoms with Crippen LogP contribution in [0.5, 0.6) is 0 Å². The summed E-state index contributed by atoms with van der Waals surface area (Å²) in [6, 6.07) is 0. The van der Waals surface area contributed by atoms with Gasteiger partial charge in [-0.15, -0.1) is 0 Å². The van der Waals surface area contributed by atoms with E-state index < -0.39 is 6.10 Å². The van der Waals surface area contributed by atoms with Crippen LogP contribution in [0.25, 0.3) is 0 Å². The Morgan fingerprint density at radius 2 is 2.27 bits per heavy atom. The molecule has 0 aromatic carbocycles. The number of halogens is 1. The van der Waals surface area contributed by atoms with Crippen LogP contribution in [0.2, 0.25) is 5.15 Å². The Bertz CT molecular complexity index is 325. The third-order valence-electron chi connectivity index (χ3n) is 2.22. The van der Waals surface area contributed by atoms with E-state index in [1.807, 2.05) is 13.8 Å². The van der Waals surface area contributed by atoms with Crippen LogP contribution in [0, 0.1) is 6.92 Å². The normalized spacial score (nSPS) is 13.1. The molecule has 0 aliphatic rings. The van der Waals surface area contributed by atoms with E-state index in [-0.39, 0.29) is 0 Å². The molecule has 1 unspecified atom stereocenters. The molecule has 0 saturated carbocycles. The van der Waals surface area contributed by atoms with Crippen LogP contribution in [0.3, 0.4) is 0 Å². The van der Waals surface area contributed by atoms with Crippen LogP contribution in [0.1, 0.15) is 18.2 Å². The molecule has 0 aliphatic carbocycles. The lowest BCUT2D eigenvalue weighted by Gasteiger charge is -2.09. The lowest BCUT2D eigenvalue weighted by molar-refractivity contribution is 0.0429. The van der Waals surface area contributed by atoms with E-state index in [4.69, 9.17) is 16.3 Å². The van der Waals surface area contributed by atoms with Gasteiger partial charge in [-0.3, -0.25) is 4.68 Å². The highest BCUT2D eigenvalue weighted by Crippen LogP contribution is 2.20. The molecule has 1 atom stereocenters. The highest BCUT2D eigenvalue weighted by molar-refractivity contribution is 6.30. The van der Waals surface area contributed by atoms with Gasteiger partial charge in [0, 0.05) is 25.6 Å². The van der Waals surface area contributed by atoms with E-state index in [2.05, 4.69) is 5.10 Å². The highest BCUT2D eigenvalue weighted by atomic mass is 35.5. The molecule has 0 aliphatic heterocycles. The van der Waals surface area contributed by atoms with Crippen molar-refractivity contribution in [3.63, 3.8) is 0 Å². The second-order valence-electron chi connectivity index (χ2n) is 3.50. The van der Waals surface area contributed by atoms with Crippen LogP contribution in [0.15, 0.2) is 0 Å². The van der Waals surface area contributed by atoms with Crippen molar-refractivity contribution in [2.24, 2.45) is 7.05 Å². The predicted molar refractivity (Wildman–Crippen MR) is 59.2 cm³/mol. The molecule has 1 aromatic rings. The van der Waals surface area contributed by atoms with E-state index in [0.717, 1.165) is 11.3 Å². The van der Waals surface area contributed by atoms with Gasteiger partial charge >= 0.3 is 0 Å². The number of aromatic nitrogens is 2. The van der Waals surface area contributed by atoms with E-state index in [1.54, 1.807) is 11.7 Å². The molecule has 15 heavy (non-hydrogen) atoms. The third-order valence-corrected chi connectivity index (χ3v) is 2.70. The fourth-order valence-corrected chi connectivity index (χ4v) is 1.71. The zero-order valence-corrected chi connectivity index (χ0v) is 10.1. The van der Waals surface area contributed by atoms with Gasteiger partial charge in [-0.05, 0) is 13.8 Å². The maximum Gasteiger partial charge on any atom is 0.130 e. The first-order valence-electron chi connectivity index (χ1n) is 5.00. The van der Waals surface area contributed by atoms with Crippen LogP contribution in [-0.2, 0) is 18.2 Å². The largest absolute Gasteiger partial charge is 0.390 e. The topological polar surface area (TPSA) is 47.3 Å². The first-order chi connectivity index (χ1) is 7.06. The fraction of sp³-hybridized carbons (Fsp3) is 0.700. The van der Waals surface area contributed by atoms with Gasteiger partial charge in [-0.1, -0.05) is 11.6 Å². The van der Waals surface area contributed by atoms with Crippen LogP contribution < -0.4 is 0 Å². The maximum atomic E-state index is 9.67. The number of rotatable bonds is 5. The number of aryl methyl sites for hydroxylation is 2. The molecule has 5 heteroatoms. The predicted octanol–water partition coefficient (Wildman–Crippen LogP) is 1.32. The quantitative estimate of drug-likeness (QED) is 0.833. The third kappa shape index (κ3) is 3.19. The molecule has 1 heterocycles. The van der Waals surface area contributed by atoms with Crippen molar-refractivity contribution in [1.29, 1.82) is 0 Å². The summed E-state index contributed by atoms with van der Waals surface area (Å²) < 4.78 is 6.74. The summed E-state index contributed by atoms with van der Waals surface area (Å²) in [5.74, 6) is 0. The molecule has 4 nitrogen and oxygen atoms in total. The molecule has 0 amide bonds. The Labute approximate surface area is 94.8 Å². The average Bonchev–Trinajstić information content (AvgIpc) is 2.42. The summed E-state index contributed by atoms with van der Waals surface area (Å²) in [5.41, 5.74) is 1.75. The summed E-state index contributed by atoms with van der Waals surface area (Å²) in [6.45, 7) is 4.72. The van der Waals surface area contributed by atoms with E-state index in [1.165, 1.54) is 0 Å². The molecule has 0 bridgehead atoms. The van der Waals surface area contributed by atoms with Gasteiger partial charge in [0.1, 0.15) is 5.15 Å². The Balaban J connectivity index is 2.63. The molecule has 0 spiro atoms. The maximum absolute atomic E-state index is 9.67. The molecule has 1 N–H and O–H groups in total. The number of ether oxygens (including phenoxy) is 1. The standard InChI is InChI=1S/C10H17ClN2O2/c1-4-15-6-8(14)5-9-7(2)12-13(3)10(9)11/h8,14H,4-6H2,1-3H3. The molecular weight excluding hydrogens is 216 g/mol. The first kappa shape index (κ1) is 12.5. The van der Waals surface area contributed by atoms with Crippen molar-refractivity contribution in [3.05, 3.63) is 16.4 Å². The summed E-state index contributed by atoms with van der Waals surface area (Å²) in [7, 11) is 1.79. The average molecular weight is 233 g/mol. The van der Waals surface area contributed by atoms with E-state index in [9.17, 15) is 5.11 Å². The van der Waals surface area contributed by atoms with Crippen LogP contribution >= 0.6 is 11.6 Å². The zero-order chi connectivity index (χ0) is 11.4. The minimum absolute atomic E-state index is 0.334. The smallest absolute Gasteiger partial charge is 0.130 e. The fourth-order valence-electron chi connectivity index (χ4n) is 1.45. The van der Waals surface area contributed by atoms with Crippen LogP contribution in [-0.4, -0.2) is 34.2 Å². The summed E-state index contributed by atoms with van der Waals surface area (Å²) >= 11 is 6.04. The second kappa shape index (κ2) is 5.49. The van der Waals surface area contributed by atoms with Gasteiger partial charge in [0.25, 0.3) is 0 Å². The highest BCUT2D eigenvalue weighted by Gasteiger charge is 2.15. The van der Waals surface area contributed by atoms with Gasteiger partial charge in [0.2, 0.25) is 0 Å². The Morgan fingerprint density at radius 3 is 2.73 bits per heavy atom. The number of aliphatic hydroxyl groups excluding tert-OH is 1. The number of hydrogen-bond donors (Lipinski definition) is 1. The Hall–Kier alpha value is -0.580. The van der Waals surface area contributed by atoms with E-state index >= 15 is 0 Å². The minimum atomic E-state index is -0.523. The molecule has 1 aromatic heterocycles. The Morgan fingerprint density at radius 1 is 1.60 bits per heavy atom. The van der Waals surface area contributed by atoms with Gasteiger partial charge in [0.05, 0.1) is 18.4 Å². The molecule has 86 valence electrons. The second-order valence-corrected chi connectivity index (χ2v) is 3.85. The van der Waals surface area contributed by atoms with Gasteiger partial charge in [-0.2, -0.15) is 5.10 Å². The molecule has 1 rings (SSSR count). The van der Waals surface area contributed by atoms with Crippen molar-refractivity contribution in [2.75, 3.05) is 13.2 Å². The summed E-state index contributed by atoms with van der Waals surface area (Å²) in [4.78, 5) is 0. The van der Waals surface area contributed by atoms with Crippen molar-refractivity contribution in [3.8, 4) is 0 Å². The first-order valence-corrected chi connectivity index (χ1v) is 5.37. The van der Waals surface area contributed by atoms with Gasteiger partial charge < -0.3 is 9.84 Å². The lowest BCUT2D eigenvalue weighted by Crippen LogP contribution is -2.18. The number of nitrogens with zero attached hydrogens (tertiary/aromatic N) is 2. The zero-order valence-electron chi connectivity index (χ0n) is 9.33. The SMILES string of the molecule is CCOCC(O)Cc1c(C)nn(C)c1Cl. The lowest BCUT2D eigenvalue weighted by atomic mass is 10.1. The Kier molecular flexibility index (Phi) is 4.57. The monoisotopic (exact) mass is 232 g/mol. The molecular formula is C10H17ClN2O2. The summed E-state index contributed by atoms with van der Waals surface area (Å²) in [5, 5.41) is 14.4. The van der Waals surface area contributed by atoms with Crippen molar-refractivity contribution >= 4 is 11.6 Å².